The second kappa shape index (κ2) is 10.4. The molecule has 7 aromatic rings. The van der Waals surface area contributed by atoms with Crippen LogP contribution in [0.4, 0.5) is 17.1 Å². The normalized spacial score (nSPS) is 10.8. The number of rotatable bonds is 4. The summed E-state index contributed by atoms with van der Waals surface area (Å²) in [6.45, 7) is 0. The van der Waals surface area contributed by atoms with E-state index >= 15 is 0 Å². The Bertz CT molecular complexity index is 1990. The molecule has 1 aromatic heterocycles. The molecular formula is C38H26N2O. The molecular weight excluding hydrogens is 500 g/mol. The lowest BCUT2D eigenvalue weighted by atomic mass is 10.1. The highest BCUT2D eigenvalue weighted by molar-refractivity contribution is 6.10. The van der Waals surface area contributed by atoms with Crippen LogP contribution in [0.15, 0.2) is 152 Å². The molecule has 0 saturated carbocycles. The zero-order valence-electron chi connectivity index (χ0n) is 22.3. The lowest BCUT2D eigenvalue weighted by molar-refractivity contribution is 0.474. The highest BCUT2D eigenvalue weighted by atomic mass is 16.3. The molecule has 0 amide bonds. The van der Waals surface area contributed by atoms with Crippen molar-refractivity contribution in [2.75, 3.05) is 4.90 Å². The van der Waals surface area contributed by atoms with E-state index in [-0.39, 0.29) is 5.75 Å². The van der Waals surface area contributed by atoms with Crippen LogP contribution < -0.4 is 4.90 Å². The number of hydrogen-bond acceptors (Lipinski definition) is 2. The molecule has 194 valence electrons. The standard InChI is InChI=1S/C38H26N2O/c41-38-27-37-35(34-18-10-11-19-36(34)40(37)32-16-8-3-9-17-32)26-29(38)23-20-28-21-24-33(25-22-28)39(30-12-4-1-5-13-30)31-14-6-2-7-15-31/h1-19,21-22,24-27,41H. The van der Waals surface area contributed by atoms with Crippen LogP contribution in [-0.4, -0.2) is 9.67 Å². The number of hydrogen-bond donors (Lipinski definition) is 1. The molecule has 1 N–H and O–H groups in total. The summed E-state index contributed by atoms with van der Waals surface area (Å²) in [6, 6.07) is 51.3. The minimum Gasteiger partial charge on any atom is -0.507 e. The van der Waals surface area contributed by atoms with Crippen LogP contribution in [0.25, 0.3) is 27.5 Å². The third-order valence-electron chi connectivity index (χ3n) is 7.30. The third-order valence-corrected chi connectivity index (χ3v) is 7.30. The van der Waals surface area contributed by atoms with Gasteiger partial charge in [-0.05, 0) is 72.8 Å². The molecule has 3 heteroatoms. The van der Waals surface area contributed by atoms with Crippen LogP contribution in [0.1, 0.15) is 11.1 Å². The number of phenols is 1. The van der Waals surface area contributed by atoms with Gasteiger partial charge in [0.05, 0.1) is 16.6 Å². The van der Waals surface area contributed by atoms with Gasteiger partial charge in [0.2, 0.25) is 0 Å². The zero-order valence-corrected chi connectivity index (χ0v) is 22.3. The fraction of sp³-hybridized carbons (Fsp3) is 0. The first-order valence-corrected chi connectivity index (χ1v) is 13.6. The number of benzene rings is 6. The number of nitrogens with zero attached hydrogens (tertiary/aromatic N) is 2. The van der Waals surface area contributed by atoms with Crippen molar-refractivity contribution in [3.05, 3.63) is 163 Å². The smallest absolute Gasteiger partial charge is 0.133 e. The van der Waals surface area contributed by atoms with Crippen LogP contribution in [0, 0.1) is 11.8 Å². The Kier molecular flexibility index (Phi) is 6.20. The summed E-state index contributed by atoms with van der Waals surface area (Å²) in [5.41, 5.74) is 7.80. The van der Waals surface area contributed by atoms with Crippen molar-refractivity contribution in [2.45, 2.75) is 0 Å². The Labute approximate surface area is 239 Å². The first-order valence-electron chi connectivity index (χ1n) is 13.6. The first kappa shape index (κ1) is 24.3. The SMILES string of the molecule is Oc1cc2c(cc1C#Cc1ccc(N(c3ccccc3)c3ccccc3)cc1)c1ccccc1n2-c1ccccc1. The summed E-state index contributed by atoms with van der Waals surface area (Å²) < 4.78 is 2.19. The molecule has 0 atom stereocenters. The molecule has 0 spiro atoms. The van der Waals surface area contributed by atoms with Gasteiger partial charge in [-0.3, -0.25) is 0 Å². The highest BCUT2D eigenvalue weighted by Crippen LogP contribution is 2.36. The van der Waals surface area contributed by atoms with E-state index in [9.17, 15) is 5.11 Å². The monoisotopic (exact) mass is 526 g/mol. The maximum atomic E-state index is 11.0. The number of phenolic OH excluding ortho intramolecular Hbond substituents is 1. The molecule has 0 bridgehead atoms. The maximum Gasteiger partial charge on any atom is 0.133 e. The summed E-state index contributed by atoms with van der Waals surface area (Å²) in [5.74, 6) is 6.66. The Morgan fingerprint density at radius 3 is 1.71 bits per heavy atom. The average molecular weight is 527 g/mol. The maximum absolute atomic E-state index is 11.0. The van der Waals surface area contributed by atoms with Crippen LogP contribution in [0.3, 0.4) is 0 Å². The van der Waals surface area contributed by atoms with Gasteiger partial charge in [-0.1, -0.05) is 84.6 Å². The van der Waals surface area contributed by atoms with Crippen molar-refractivity contribution in [3.8, 4) is 23.3 Å². The quantitative estimate of drug-likeness (QED) is 0.231. The Balaban J connectivity index is 1.26. The van der Waals surface area contributed by atoms with Gasteiger partial charge in [-0.2, -0.15) is 0 Å². The third kappa shape index (κ3) is 4.58. The summed E-state index contributed by atoms with van der Waals surface area (Å²) in [7, 11) is 0. The largest absolute Gasteiger partial charge is 0.507 e. The van der Waals surface area contributed by atoms with Gasteiger partial charge in [0.1, 0.15) is 5.75 Å². The summed E-state index contributed by atoms with van der Waals surface area (Å²) in [6.07, 6.45) is 0. The second-order valence-corrected chi connectivity index (χ2v) is 9.88. The molecule has 0 saturated heterocycles. The molecule has 0 unspecified atom stereocenters. The summed E-state index contributed by atoms with van der Waals surface area (Å²) >= 11 is 0. The van der Waals surface area contributed by atoms with Crippen molar-refractivity contribution in [1.82, 2.24) is 4.57 Å². The van der Waals surface area contributed by atoms with Gasteiger partial charge in [0.15, 0.2) is 0 Å². The predicted octanol–water partition coefficient (Wildman–Crippen LogP) is 9.36. The lowest BCUT2D eigenvalue weighted by Crippen LogP contribution is -2.09. The molecule has 1 heterocycles. The summed E-state index contributed by atoms with van der Waals surface area (Å²) in [5, 5.41) is 13.2. The predicted molar refractivity (Wildman–Crippen MR) is 170 cm³/mol. The van der Waals surface area contributed by atoms with Gasteiger partial charge in [0, 0.05) is 45.2 Å². The topological polar surface area (TPSA) is 28.4 Å². The molecule has 0 fully saturated rings. The van der Waals surface area contributed by atoms with Gasteiger partial charge in [0.25, 0.3) is 0 Å². The van der Waals surface area contributed by atoms with Crippen molar-refractivity contribution in [1.29, 1.82) is 0 Å². The van der Waals surface area contributed by atoms with Crippen molar-refractivity contribution < 1.29 is 5.11 Å². The van der Waals surface area contributed by atoms with Crippen LogP contribution in [0.2, 0.25) is 0 Å². The molecule has 0 aliphatic heterocycles. The zero-order chi connectivity index (χ0) is 27.6. The molecule has 0 aliphatic carbocycles. The van der Waals surface area contributed by atoms with Gasteiger partial charge >= 0.3 is 0 Å². The van der Waals surface area contributed by atoms with E-state index in [4.69, 9.17) is 0 Å². The summed E-state index contributed by atoms with van der Waals surface area (Å²) in [4.78, 5) is 2.22. The van der Waals surface area contributed by atoms with E-state index in [2.05, 4.69) is 82.0 Å². The van der Waals surface area contributed by atoms with E-state index in [1.165, 1.54) is 0 Å². The Morgan fingerprint density at radius 1 is 0.488 bits per heavy atom. The minimum absolute atomic E-state index is 0.168. The number of para-hydroxylation sites is 4. The molecule has 0 aliphatic rings. The molecule has 3 nitrogen and oxygen atoms in total. The van der Waals surface area contributed by atoms with Crippen molar-refractivity contribution >= 4 is 38.9 Å². The number of aromatic hydroxyl groups is 1. The van der Waals surface area contributed by atoms with E-state index in [1.54, 1.807) is 0 Å². The van der Waals surface area contributed by atoms with E-state index in [1.807, 2.05) is 91.0 Å². The average Bonchev–Trinajstić information content (AvgIpc) is 3.35. The van der Waals surface area contributed by atoms with Gasteiger partial charge in [-0.15, -0.1) is 0 Å². The van der Waals surface area contributed by atoms with Crippen LogP contribution in [0.5, 0.6) is 5.75 Å². The fourth-order valence-electron chi connectivity index (χ4n) is 5.39. The number of fused-ring (bicyclic) bond motifs is 3. The van der Waals surface area contributed by atoms with Gasteiger partial charge < -0.3 is 14.6 Å². The first-order chi connectivity index (χ1) is 20.3. The fourth-order valence-corrected chi connectivity index (χ4v) is 5.39. The molecule has 7 rings (SSSR count). The number of anilines is 3. The Hall–Kier alpha value is -5.72. The van der Waals surface area contributed by atoms with Crippen LogP contribution >= 0.6 is 0 Å². The molecule has 0 radical (unpaired) electrons. The second-order valence-electron chi connectivity index (χ2n) is 9.88. The van der Waals surface area contributed by atoms with Gasteiger partial charge in [-0.25, -0.2) is 0 Å². The van der Waals surface area contributed by atoms with Crippen molar-refractivity contribution in [2.24, 2.45) is 0 Å². The Morgan fingerprint density at radius 2 is 1.05 bits per heavy atom. The highest BCUT2D eigenvalue weighted by Gasteiger charge is 2.15. The van der Waals surface area contributed by atoms with Crippen LogP contribution in [-0.2, 0) is 0 Å². The van der Waals surface area contributed by atoms with E-state index in [0.717, 1.165) is 50.1 Å². The minimum atomic E-state index is 0.168. The van der Waals surface area contributed by atoms with E-state index in [0.29, 0.717) is 5.56 Å². The van der Waals surface area contributed by atoms with Crippen molar-refractivity contribution in [3.63, 3.8) is 0 Å². The molecule has 6 aromatic carbocycles. The lowest BCUT2D eigenvalue weighted by Gasteiger charge is -2.25. The van der Waals surface area contributed by atoms with E-state index < -0.39 is 0 Å². The number of aromatic nitrogens is 1. The molecule has 41 heavy (non-hydrogen) atoms.